The number of benzene rings is 2. The third kappa shape index (κ3) is 5.17. The van der Waals surface area contributed by atoms with Crippen LogP contribution in [0, 0.1) is 0 Å². The van der Waals surface area contributed by atoms with Gasteiger partial charge >= 0.3 is 0 Å². The summed E-state index contributed by atoms with van der Waals surface area (Å²) in [4.78, 5) is 0. The second-order valence-electron chi connectivity index (χ2n) is 4.92. The zero-order valence-corrected chi connectivity index (χ0v) is 12.9. The Morgan fingerprint density at radius 1 is 0.947 bits per heavy atom. The van der Waals surface area contributed by atoms with Gasteiger partial charge in [-0.05, 0) is 49.6 Å². The zero-order valence-electron chi connectivity index (χ0n) is 11.3. The minimum absolute atomic E-state index is 0.505. The van der Waals surface area contributed by atoms with Crippen molar-refractivity contribution in [1.82, 2.24) is 5.32 Å². The van der Waals surface area contributed by atoms with E-state index < -0.39 is 0 Å². The van der Waals surface area contributed by atoms with Crippen molar-refractivity contribution < 1.29 is 0 Å². The molecule has 0 aliphatic rings. The van der Waals surface area contributed by atoms with Gasteiger partial charge in [-0.3, -0.25) is 0 Å². The standard InChI is InChI=1S/C17H20BrN/c1-14(13-16-7-9-17(18)10-8-16)19-12-11-15-5-3-2-4-6-15/h2-10,14,19H,11-13H2,1H3. The van der Waals surface area contributed by atoms with E-state index in [9.17, 15) is 0 Å². The lowest BCUT2D eigenvalue weighted by Crippen LogP contribution is -2.29. The van der Waals surface area contributed by atoms with Crippen molar-refractivity contribution in [3.8, 4) is 0 Å². The van der Waals surface area contributed by atoms with Gasteiger partial charge in [0.05, 0.1) is 0 Å². The van der Waals surface area contributed by atoms with Crippen molar-refractivity contribution in [3.05, 3.63) is 70.2 Å². The molecule has 0 amide bonds. The molecule has 0 saturated carbocycles. The summed E-state index contributed by atoms with van der Waals surface area (Å²) in [6.45, 7) is 3.27. The smallest absolute Gasteiger partial charge is 0.0175 e. The highest BCUT2D eigenvalue weighted by Gasteiger charge is 2.02. The van der Waals surface area contributed by atoms with E-state index in [0.29, 0.717) is 6.04 Å². The monoisotopic (exact) mass is 317 g/mol. The maximum absolute atomic E-state index is 3.58. The first-order valence-electron chi connectivity index (χ1n) is 6.76. The number of nitrogens with one attached hydrogen (secondary N) is 1. The molecule has 0 heterocycles. The lowest BCUT2D eigenvalue weighted by atomic mass is 10.1. The fourth-order valence-electron chi connectivity index (χ4n) is 2.15. The van der Waals surface area contributed by atoms with Crippen LogP contribution >= 0.6 is 15.9 Å². The molecule has 2 aromatic carbocycles. The number of hydrogen-bond acceptors (Lipinski definition) is 1. The Balaban J connectivity index is 1.73. The lowest BCUT2D eigenvalue weighted by molar-refractivity contribution is 0.548. The van der Waals surface area contributed by atoms with E-state index >= 15 is 0 Å². The van der Waals surface area contributed by atoms with Gasteiger partial charge in [0.1, 0.15) is 0 Å². The van der Waals surface area contributed by atoms with Gasteiger partial charge in [0.25, 0.3) is 0 Å². The summed E-state index contributed by atoms with van der Waals surface area (Å²) in [7, 11) is 0. The summed E-state index contributed by atoms with van der Waals surface area (Å²) in [5.41, 5.74) is 2.77. The second kappa shape index (κ2) is 7.46. The average molecular weight is 318 g/mol. The summed E-state index contributed by atoms with van der Waals surface area (Å²) in [5.74, 6) is 0. The minimum atomic E-state index is 0.505. The molecule has 0 fully saturated rings. The Kier molecular flexibility index (Phi) is 5.62. The third-order valence-electron chi connectivity index (χ3n) is 3.20. The number of rotatable bonds is 6. The maximum atomic E-state index is 3.58. The van der Waals surface area contributed by atoms with Crippen molar-refractivity contribution in [1.29, 1.82) is 0 Å². The van der Waals surface area contributed by atoms with E-state index in [-0.39, 0.29) is 0 Å². The van der Waals surface area contributed by atoms with Crippen LogP contribution < -0.4 is 5.32 Å². The van der Waals surface area contributed by atoms with Gasteiger partial charge < -0.3 is 5.32 Å². The molecule has 0 radical (unpaired) electrons. The van der Waals surface area contributed by atoms with Crippen molar-refractivity contribution in [2.45, 2.75) is 25.8 Å². The Bertz CT molecular complexity index is 478. The molecule has 0 spiro atoms. The Hall–Kier alpha value is -1.12. The quantitative estimate of drug-likeness (QED) is 0.841. The third-order valence-corrected chi connectivity index (χ3v) is 3.73. The summed E-state index contributed by atoms with van der Waals surface area (Å²) in [6, 6.07) is 19.7. The van der Waals surface area contributed by atoms with Crippen molar-refractivity contribution in [2.24, 2.45) is 0 Å². The van der Waals surface area contributed by atoms with Crippen molar-refractivity contribution in [3.63, 3.8) is 0 Å². The molecule has 1 unspecified atom stereocenters. The van der Waals surface area contributed by atoms with Gasteiger partial charge in [0.15, 0.2) is 0 Å². The van der Waals surface area contributed by atoms with Crippen LogP contribution in [-0.4, -0.2) is 12.6 Å². The van der Waals surface area contributed by atoms with Crippen LogP contribution in [0.4, 0.5) is 0 Å². The molecule has 0 aliphatic heterocycles. The van der Waals surface area contributed by atoms with E-state index in [4.69, 9.17) is 0 Å². The maximum Gasteiger partial charge on any atom is 0.0175 e. The van der Waals surface area contributed by atoms with Crippen molar-refractivity contribution in [2.75, 3.05) is 6.54 Å². The molecule has 1 N–H and O–H groups in total. The highest BCUT2D eigenvalue weighted by molar-refractivity contribution is 9.10. The van der Waals surface area contributed by atoms with Crippen LogP contribution in [-0.2, 0) is 12.8 Å². The molecule has 0 aliphatic carbocycles. The second-order valence-corrected chi connectivity index (χ2v) is 5.84. The van der Waals surface area contributed by atoms with Gasteiger partial charge in [0, 0.05) is 10.5 Å². The number of halogens is 1. The Morgan fingerprint density at radius 3 is 2.32 bits per heavy atom. The van der Waals surface area contributed by atoms with E-state index in [2.05, 4.69) is 82.8 Å². The SMILES string of the molecule is CC(Cc1ccc(Br)cc1)NCCc1ccccc1. The molecule has 100 valence electrons. The largest absolute Gasteiger partial charge is 0.314 e. The predicted octanol–water partition coefficient (Wildman–Crippen LogP) is 4.21. The minimum Gasteiger partial charge on any atom is -0.314 e. The highest BCUT2D eigenvalue weighted by Crippen LogP contribution is 2.11. The number of hydrogen-bond donors (Lipinski definition) is 1. The fraction of sp³-hybridized carbons (Fsp3) is 0.294. The van der Waals surface area contributed by atoms with E-state index in [1.165, 1.54) is 11.1 Å². The first-order chi connectivity index (χ1) is 9.24. The molecule has 1 atom stereocenters. The fourth-order valence-corrected chi connectivity index (χ4v) is 2.42. The van der Waals surface area contributed by atoms with Crippen LogP contribution in [0.2, 0.25) is 0 Å². The highest BCUT2D eigenvalue weighted by atomic mass is 79.9. The van der Waals surface area contributed by atoms with Gasteiger partial charge in [-0.15, -0.1) is 0 Å². The van der Waals surface area contributed by atoms with E-state index in [1.54, 1.807) is 0 Å². The molecule has 2 rings (SSSR count). The van der Waals surface area contributed by atoms with Gasteiger partial charge in [-0.1, -0.05) is 58.4 Å². The average Bonchev–Trinajstić information content (AvgIpc) is 2.43. The molecule has 0 bridgehead atoms. The van der Waals surface area contributed by atoms with Crippen LogP contribution in [0.3, 0.4) is 0 Å². The van der Waals surface area contributed by atoms with Gasteiger partial charge in [-0.2, -0.15) is 0 Å². The first-order valence-corrected chi connectivity index (χ1v) is 7.55. The van der Waals surface area contributed by atoms with Crippen molar-refractivity contribution >= 4 is 15.9 Å². The normalized spacial score (nSPS) is 12.3. The molecule has 0 aromatic heterocycles. The molecule has 19 heavy (non-hydrogen) atoms. The molecule has 0 saturated heterocycles. The molecule has 1 nitrogen and oxygen atoms in total. The first kappa shape index (κ1) is 14.3. The molecule has 2 aromatic rings. The van der Waals surface area contributed by atoms with Crippen LogP contribution in [0.5, 0.6) is 0 Å². The molecular weight excluding hydrogens is 298 g/mol. The predicted molar refractivity (Wildman–Crippen MR) is 85.5 cm³/mol. The summed E-state index contributed by atoms with van der Waals surface area (Å²) in [5, 5.41) is 3.58. The van der Waals surface area contributed by atoms with Crippen LogP contribution in [0.1, 0.15) is 18.1 Å². The van der Waals surface area contributed by atoms with Gasteiger partial charge in [0.2, 0.25) is 0 Å². The lowest BCUT2D eigenvalue weighted by Gasteiger charge is -2.14. The Labute approximate surface area is 124 Å². The Morgan fingerprint density at radius 2 is 1.63 bits per heavy atom. The van der Waals surface area contributed by atoms with Gasteiger partial charge in [-0.25, -0.2) is 0 Å². The van der Waals surface area contributed by atoms with Crippen LogP contribution in [0.25, 0.3) is 0 Å². The van der Waals surface area contributed by atoms with E-state index in [0.717, 1.165) is 23.9 Å². The summed E-state index contributed by atoms with van der Waals surface area (Å²) >= 11 is 3.46. The topological polar surface area (TPSA) is 12.0 Å². The summed E-state index contributed by atoms with van der Waals surface area (Å²) < 4.78 is 1.14. The molecular formula is C17H20BrN. The zero-order chi connectivity index (χ0) is 13.5. The van der Waals surface area contributed by atoms with E-state index in [1.807, 2.05) is 0 Å². The van der Waals surface area contributed by atoms with Crippen LogP contribution in [0.15, 0.2) is 59.1 Å². The summed E-state index contributed by atoms with van der Waals surface area (Å²) in [6.07, 6.45) is 2.16. The molecule has 2 heteroatoms.